The monoisotopic (exact) mass is 330 g/mol. The van der Waals surface area contributed by atoms with Gasteiger partial charge in [-0.2, -0.15) is 8.78 Å². The third kappa shape index (κ3) is 4.51. The molecule has 1 atom stereocenters. The topological polar surface area (TPSA) is 64.8 Å². The van der Waals surface area contributed by atoms with Gasteiger partial charge < -0.3 is 9.47 Å². The Balaban J connectivity index is 2.31. The molecular formula is C15H20F2N2O4. The van der Waals surface area contributed by atoms with E-state index in [2.05, 4.69) is 16.6 Å². The van der Waals surface area contributed by atoms with Crippen LogP contribution in [-0.4, -0.2) is 36.6 Å². The van der Waals surface area contributed by atoms with Crippen LogP contribution in [0.5, 0.6) is 11.5 Å². The van der Waals surface area contributed by atoms with Crippen LogP contribution < -0.4 is 9.47 Å². The highest BCUT2D eigenvalue weighted by Gasteiger charge is 2.24. The van der Waals surface area contributed by atoms with Crippen LogP contribution in [0.25, 0.3) is 0 Å². The summed E-state index contributed by atoms with van der Waals surface area (Å²) in [5.74, 6) is 0.270. The number of nitrogens with zero attached hydrogens (tertiary/aromatic N) is 2. The zero-order valence-corrected chi connectivity index (χ0v) is 13.1. The molecule has 23 heavy (non-hydrogen) atoms. The molecule has 0 spiro atoms. The van der Waals surface area contributed by atoms with Crippen LogP contribution in [-0.2, 0) is 6.54 Å². The largest absolute Gasteiger partial charge is 0.493 e. The average molecular weight is 330 g/mol. The minimum Gasteiger partial charge on any atom is -0.493 e. The molecule has 0 aliphatic carbocycles. The molecule has 0 N–H and O–H groups in total. The molecule has 1 aliphatic heterocycles. The van der Waals surface area contributed by atoms with Crippen LogP contribution in [0.1, 0.15) is 25.3 Å². The summed E-state index contributed by atoms with van der Waals surface area (Å²) in [7, 11) is 1.31. The fourth-order valence-corrected chi connectivity index (χ4v) is 2.91. The molecule has 0 bridgehead atoms. The normalized spacial score (nSPS) is 18.9. The molecule has 1 heterocycles. The average Bonchev–Trinajstić information content (AvgIpc) is 2.47. The summed E-state index contributed by atoms with van der Waals surface area (Å²) < 4.78 is 34.2. The van der Waals surface area contributed by atoms with Crippen LogP contribution in [0.15, 0.2) is 12.1 Å². The first-order valence-electron chi connectivity index (χ1n) is 7.43. The first-order chi connectivity index (χ1) is 10.9. The summed E-state index contributed by atoms with van der Waals surface area (Å²) in [4.78, 5) is 12.8. The lowest BCUT2D eigenvalue weighted by molar-refractivity contribution is -0.385. The fraction of sp³-hybridized carbons (Fsp3) is 0.600. The van der Waals surface area contributed by atoms with Gasteiger partial charge in [-0.1, -0.05) is 6.92 Å². The molecule has 1 saturated heterocycles. The maximum absolute atomic E-state index is 12.4. The molecule has 0 amide bonds. The fourth-order valence-electron chi connectivity index (χ4n) is 2.91. The van der Waals surface area contributed by atoms with E-state index in [-0.39, 0.29) is 17.2 Å². The number of rotatable bonds is 6. The summed E-state index contributed by atoms with van der Waals surface area (Å²) in [5.41, 5.74) is 0.197. The molecule has 6 nitrogen and oxygen atoms in total. The third-order valence-electron chi connectivity index (χ3n) is 3.91. The molecular weight excluding hydrogens is 310 g/mol. The third-order valence-corrected chi connectivity index (χ3v) is 3.91. The number of piperidine rings is 1. The standard InChI is InChI=1S/C15H20F2N2O4/c1-10-4-3-5-18(8-10)9-11-6-13(22-2)14(23-15(16)17)7-12(11)19(20)21/h6-7,10,15H,3-5,8-9H2,1-2H3. The van der Waals surface area contributed by atoms with Gasteiger partial charge in [0.2, 0.25) is 0 Å². The lowest BCUT2D eigenvalue weighted by Crippen LogP contribution is -2.33. The van der Waals surface area contributed by atoms with Gasteiger partial charge in [-0.05, 0) is 31.4 Å². The Morgan fingerprint density at radius 1 is 1.43 bits per heavy atom. The minimum atomic E-state index is -3.07. The highest BCUT2D eigenvalue weighted by atomic mass is 19.3. The van der Waals surface area contributed by atoms with Gasteiger partial charge in [0.15, 0.2) is 11.5 Å². The van der Waals surface area contributed by atoms with E-state index >= 15 is 0 Å². The lowest BCUT2D eigenvalue weighted by atomic mass is 9.99. The highest BCUT2D eigenvalue weighted by molar-refractivity contribution is 5.54. The maximum atomic E-state index is 12.4. The van der Waals surface area contributed by atoms with Crippen LogP contribution >= 0.6 is 0 Å². The van der Waals surface area contributed by atoms with E-state index in [0.717, 1.165) is 32.0 Å². The second kappa shape index (κ2) is 7.54. The summed E-state index contributed by atoms with van der Waals surface area (Å²) in [6, 6.07) is 2.42. The Hall–Kier alpha value is -1.96. The Morgan fingerprint density at radius 2 is 2.17 bits per heavy atom. The maximum Gasteiger partial charge on any atom is 0.387 e. The van der Waals surface area contributed by atoms with E-state index in [4.69, 9.17) is 4.74 Å². The van der Waals surface area contributed by atoms with Gasteiger partial charge in [0.1, 0.15) is 0 Å². The van der Waals surface area contributed by atoms with Crippen molar-refractivity contribution in [3.8, 4) is 11.5 Å². The minimum absolute atomic E-state index is 0.0657. The molecule has 1 unspecified atom stereocenters. The van der Waals surface area contributed by atoms with Gasteiger partial charge in [0, 0.05) is 18.7 Å². The van der Waals surface area contributed by atoms with Gasteiger partial charge in [0.05, 0.1) is 18.1 Å². The Kier molecular flexibility index (Phi) is 5.70. The Bertz CT molecular complexity index is 569. The highest BCUT2D eigenvalue weighted by Crippen LogP contribution is 2.36. The second-order valence-electron chi connectivity index (χ2n) is 5.75. The summed E-state index contributed by atoms with van der Waals surface area (Å²) in [6.07, 6.45) is 2.18. The van der Waals surface area contributed by atoms with Crippen LogP contribution in [0.3, 0.4) is 0 Å². The molecule has 1 aromatic rings. The summed E-state index contributed by atoms with van der Waals surface area (Å²) in [5, 5.41) is 11.3. The van der Waals surface area contributed by atoms with Crippen molar-refractivity contribution in [3.63, 3.8) is 0 Å². The Morgan fingerprint density at radius 3 is 2.74 bits per heavy atom. The summed E-state index contributed by atoms with van der Waals surface area (Å²) in [6.45, 7) is 1.16. The van der Waals surface area contributed by atoms with Crippen molar-refractivity contribution in [1.82, 2.24) is 4.90 Å². The van der Waals surface area contributed by atoms with Gasteiger partial charge >= 0.3 is 6.61 Å². The van der Waals surface area contributed by atoms with Gasteiger partial charge in [-0.15, -0.1) is 0 Å². The number of nitro benzene ring substituents is 1. The van der Waals surface area contributed by atoms with Crippen molar-refractivity contribution >= 4 is 5.69 Å². The second-order valence-corrected chi connectivity index (χ2v) is 5.75. The summed E-state index contributed by atoms with van der Waals surface area (Å²) >= 11 is 0. The van der Waals surface area contributed by atoms with Crippen molar-refractivity contribution in [3.05, 3.63) is 27.8 Å². The van der Waals surface area contributed by atoms with Gasteiger partial charge in [-0.3, -0.25) is 15.0 Å². The molecule has 128 valence electrons. The first-order valence-corrected chi connectivity index (χ1v) is 7.43. The number of methoxy groups -OCH3 is 1. The van der Waals surface area contributed by atoms with Gasteiger partial charge in [-0.25, -0.2) is 0 Å². The smallest absolute Gasteiger partial charge is 0.387 e. The molecule has 0 saturated carbocycles. The number of ether oxygens (including phenoxy) is 2. The number of hydrogen-bond acceptors (Lipinski definition) is 5. The van der Waals surface area contributed by atoms with E-state index in [1.165, 1.54) is 13.2 Å². The number of hydrogen-bond donors (Lipinski definition) is 0. The van der Waals surface area contributed by atoms with E-state index in [1.54, 1.807) is 0 Å². The molecule has 2 rings (SSSR count). The van der Waals surface area contributed by atoms with E-state index in [0.29, 0.717) is 18.0 Å². The first kappa shape index (κ1) is 17.4. The van der Waals surface area contributed by atoms with Crippen LogP contribution in [0, 0.1) is 16.0 Å². The predicted octanol–water partition coefficient (Wildman–Crippen LogP) is 3.44. The van der Waals surface area contributed by atoms with Crippen molar-refractivity contribution in [2.75, 3.05) is 20.2 Å². The molecule has 8 heteroatoms. The molecule has 1 aliphatic rings. The SMILES string of the molecule is COc1cc(CN2CCCC(C)C2)c([N+](=O)[O-])cc1OC(F)F. The van der Waals surface area contributed by atoms with E-state index in [9.17, 15) is 18.9 Å². The van der Waals surface area contributed by atoms with Crippen molar-refractivity contribution in [2.24, 2.45) is 5.92 Å². The van der Waals surface area contributed by atoms with Gasteiger partial charge in [0.25, 0.3) is 5.69 Å². The zero-order chi connectivity index (χ0) is 17.0. The van der Waals surface area contributed by atoms with Crippen molar-refractivity contribution < 1.29 is 23.2 Å². The van der Waals surface area contributed by atoms with Crippen LogP contribution in [0.4, 0.5) is 14.5 Å². The number of alkyl halides is 2. The van der Waals surface area contributed by atoms with E-state index in [1.807, 2.05) is 0 Å². The molecule has 0 radical (unpaired) electrons. The number of likely N-dealkylation sites (tertiary alicyclic amines) is 1. The van der Waals surface area contributed by atoms with Crippen LogP contribution in [0.2, 0.25) is 0 Å². The number of halogens is 2. The number of benzene rings is 1. The lowest BCUT2D eigenvalue weighted by Gasteiger charge is -2.30. The molecule has 0 aromatic heterocycles. The van der Waals surface area contributed by atoms with E-state index < -0.39 is 11.5 Å². The van der Waals surface area contributed by atoms with Crippen molar-refractivity contribution in [1.29, 1.82) is 0 Å². The number of nitro groups is 1. The Labute approximate surface area is 133 Å². The molecule has 1 fully saturated rings. The zero-order valence-electron chi connectivity index (χ0n) is 13.1. The predicted molar refractivity (Wildman–Crippen MR) is 80.0 cm³/mol. The molecule has 1 aromatic carbocycles. The van der Waals surface area contributed by atoms with Crippen molar-refractivity contribution in [2.45, 2.75) is 32.9 Å². The quantitative estimate of drug-likeness (QED) is 0.590.